The predicted molar refractivity (Wildman–Crippen MR) is 108 cm³/mol. The van der Waals surface area contributed by atoms with E-state index in [1.165, 1.54) is 16.7 Å². The van der Waals surface area contributed by atoms with Crippen LogP contribution < -0.4 is 5.43 Å². The summed E-state index contributed by atoms with van der Waals surface area (Å²) in [6.07, 6.45) is 0. The van der Waals surface area contributed by atoms with Crippen LogP contribution in [-0.2, 0) is 0 Å². The molecule has 122 valence electrons. The maximum atomic E-state index is 4.53. The first-order chi connectivity index (χ1) is 12.3. The second-order valence-corrected chi connectivity index (χ2v) is 6.85. The minimum atomic E-state index is 0.990. The van der Waals surface area contributed by atoms with Gasteiger partial charge in [0.1, 0.15) is 5.04 Å². The number of nitrogens with one attached hydrogen (secondary N) is 1. The van der Waals surface area contributed by atoms with Crippen molar-refractivity contribution >= 4 is 22.5 Å². The molecule has 0 aliphatic carbocycles. The summed E-state index contributed by atoms with van der Waals surface area (Å²) in [7, 11) is 0. The Balaban J connectivity index is 1.49. The maximum absolute atomic E-state index is 4.53. The van der Waals surface area contributed by atoms with Crippen molar-refractivity contribution in [1.82, 2.24) is 5.43 Å². The molecule has 0 unspecified atom stereocenters. The lowest BCUT2D eigenvalue weighted by Crippen LogP contribution is -2.12. The smallest absolute Gasteiger partial charge is 0.128 e. The Morgan fingerprint density at radius 2 is 1.28 bits per heavy atom. The zero-order chi connectivity index (χ0) is 17.1. The van der Waals surface area contributed by atoms with Crippen molar-refractivity contribution in [2.45, 2.75) is 6.92 Å². The molecule has 3 aromatic rings. The fourth-order valence-corrected chi connectivity index (χ4v) is 3.50. The molecule has 3 heteroatoms. The van der Waals surface area contributed by atoms with Gasteiger partial charge in [0.25, 0.3) is 0 Å². The van der Waals surface area contributed by atoms with Crippen molar-refractivity contribution in [2.24, 2.45) is 5.10 Å². The molecule has 3 aromatic carbocycles. The highest BCUT2D eigenvalue weighted by Crippen LogP contribution is 2.26. The first-order valence-corrected chi connectivity index (χ1v) is 9.11. The van der Waals surface area contributed by atoms with Gasteiger partial charge in [-0.25, -0.2) is 0 Å². The molecule has 0 saturated heterocycles. The fraction of sp³-hybridized carbons (Fsp3) is 0.0455. The number of thioether (sulfide) groups is 1. The van der Waals surface area contributed by atoms with E-state index in [4.69, 9.17) is 0 Å². The summed E-state index contributed by atoms with van der Waals surface area (Å²) < 4.78 is 0. The van der Waals surface area contributed by atoms with Crippen LogP contribution >= 0.6 is 11.8 Å². The normalized spacial score (nSPS) is 13.6. The molecule has 0 fully saturated rings. The van der Waals surface area contributed by atoms with Crippen LogP contribution in [0.3, 0.4) is 0 Å². The molecule has 0 amide bonds. The van der Waals surface area contributed by atoms with Gasteiger partial charge in [0, 0.05) is 16.5 Å². The summed E-state index contributed by atoms with van der Waals surface area (Å²) in [5.74, 6) is 0. The average Bonchev–Trinajstić information content (AvgIpc) is 2.70. The summed E-state index contributed by atoms with van der Waals surface area (Å²) in [6.45, 7) is 2.09. The largest absolute Gasteiger partial charge is 0.276 e. The van der Waals surface area contributed by atoms with Crippen molar-refractivity contribution in [3.63, 3.8) is 0 Å². The molecule has 25 heavy (non-hydrogen) atoms. The van der Waals surface area contributed by atoms with Crippen LogP contribution in [0.2, 0.25) is 0 Å². The lowest BCUT2D eigenvalue weighted by atomic mass is 10.0. The highest BCUT2D eigenvalue weighted by molar-refractivity contribution is 8.17. The van der Waals surface area contributed by atoms with Crippen molar-refractivity contribution in [3.8, 4) is 11.1 Å². The second kappa shape index (κ2) is 6.99. The van der Waals surface area contributed by atoms with Crippen molar-refractivity contribution in [1.29, 1.82) is 0 Å². The van der Waals surface area contributed by atoms with E-state index in [1.54, 1.807) is 11.8 Å². The molecule has 2 nitrogen and oxygen atoms in total. The van der Waals surface area contributed by atoms with Crippen LogP contribution in [0, 0.1) is 6.92 Å². The third-order valence-corrected chi connectivity index (χ3v) is 5.07. The van der Waals surface area contributed by atoms with Gasteiger partial charge in [-0.05, 0) is 18.1 Å². The first kappa shape index (κ1) is 15.7. The summed E-state index contributed by atoms with van der Waals surface area (Å²) in [5, 5.41) is 7.64. The molecule has 0 aromatic heterocycles. The minimum Gasteiger partial charge on any atom is -0.276 e. The van der Waals surface area contributed by atoms with Crippen LogP contribution in [0.25, 0.3) is 16.8 Å². The van der Waals surface area contributed by atoms with Crippen LogP contribution in [0.15, 0.2) is 89.4 Å². The lowest BCUT2D eigenvalue weighted by molar-refractivity contribution is 0.996. The molecule has 1 aliphatic heterocycles. The van der Waals surface area contributed by atoms with Gasteiger partial charge >= 0.3 is 0 Å². The van der Waals surface area contributed by atoms with E-state index in [0.29, 0.717) is 0 Å². The molecule has 0 saturated carbocycles. The van der Waals surface area contributed by atoms with Gasteiger partial charge in [-0.1, -0.05) is 96.2 Å². The second-order valence-electron chi connectivity index (χ2n) is 5.99. The molecule has 0 radical (unpaired) electrons. The Bertz CT molecular complexity index is 924. The summed E-state index contributed by atoms with van der Waals surface area (Å²) in [5.41, 5.74) is 10.2. The number of nitrogens with zero attached hydrogens (tertiary/aromatic N) is 1. The van der Waals surface area contributed by atoms with Gasteiger partial charge < -0.3 is 0 Å². The van der Waals surface area contributed by atoms with Gasteiger partial charge in [-0.2, -0.15) is 5.10 Å². The number of aryl methyl sites for hydroxylation is 1. The summed E-state index contributed by atoms with van der Waals surface area (Å²) in [4.78, 5) is 0. The standard InChI is InChI=1S/C22H18N2S/c1-16-7-9-20(10-8-16)22-24-23-21(15-25-22)19-13-11-18(12-14-19)17-5-3-2-4-6-17/h2-15,23H,1H3. The van der Waals surface area contributed by atoms with Crippen LogP contribution in [-0.4, -0.2) is 5.04 Å². The molecule has 1 heterocycles. The highest BCUT2D eigenvalue weighted by atomic mass is 32.2. The molecule has 0 atom stereocenters. The molecule has 1 N–H and O–H groups in total. The van der Waals surface area contributed by atoms with E-state index in [9.17, 15) is 0 Å². The Kier molecular flexibility index (Phi) is 4.40. The van der Waals surface area contributed by atoms with Gasteiger partial charge in [-0.15, -0.1) is 0 Å². The fourth-order valence-electron chi connectivity index (χ4n) is 2.71. The van der Waals surface area contributed by atoms with E-state index in [2.05, 4.69) is 95.7 Å². The lowest BCUT2D eigenvalue weighted by Gasteiger charge is -2.15. The first-order valence-electron chi connectivity index (χ1n) is 8.23. The monoisotopic (exact) mass is 342 g/mol. The number of hydrogen-bond donors (Lipinski definition) is 1. The van der Waals surface area contributed by atoms with E-state index >= 15 is 0 Å². The Morgan fingerprint density at radius 3 is 1.92 bits per heavy atom. The van der Waals surface area contributed by atoms with Gasteiger partial charge in [0.15, 0.2) is 0 Å². The molecular formula is C22H18N2S. The Morgan fingerprint density at radius 1 is 0.680 bits per heavy atom. The van der Waals surface area contributed by atoms with Crippen LogP contribution in [0.1, 0.15) is 16.7 Å². The third-order valence-electron chi connectivity index (χ3n) is 4.17. The van der Waals surface area contributed by atoms with Crippen LogP contribution in [0.4, 0.5) is 0 Å². The minimum absolute atomic E-state index is 0.990. The maximum Gasteiger partial charge on any atom is 0.128 e. The molecule has 1 aliphatic rings. The molecule has 0 spiro atoms. The topological polar surface area (TPSA) is 24.4 Å². The van der Waals surface area contributed by atoms with Crippen molar-refractivity contribution < 1.29 is 0 Å². The molecular weight excluding hydrogens is 324 g/mol. The zero-order valence-electron chi connectivity index (χ0n) is 13.9. The van der Waals surface area contributed by atoms with E-state index in [0.717, 1.165) is 21.9 Å². The molecule has 0 bridgehead atoms. The Hall–Kier alpha value is -2.78. The quantitative estimate of drug-likeness (QED) is 0.664. The van der Waals surface area contributed by atoms with E-state index < -0.39 is 0 Å². The highest BCUT2D eigenvalue weighted by Gasteiger charge is 2.11. The average molecular weight is 342 g/mol. The number of hydrogen-bond acceptors (Lipinski definition) is 3. The number of hydrazone groups is 1. The van der Waals surface area contributed by atoms with E-state index in [1.807, 2.05) is 6.07 Å². The number of rotatable bonds is 3. The summed E-state index contributed by atoms with van der Waals surface area (Å²) in [6, 6.07) is 27.4. The molecule has 4 rings (SSSR count). The van der Waals surface area contributed by atoms with Gasteiger partial charge in [0.2, 0.25) is 0 Å². The Labute approximate surface area is 152 Å². The van der Waals surface area contributed by atoms with Gasteiger partial charge in [-0.3, -0.25) is 5.43 Å². The van der Waals surface area contributed by atoms with Crippen molar-refractivity contribution in [2.75, 3.05) is 0 Å². The van der Waals surface area contributed by atoms with E-state index in [-0.39, 0.29) is 0 Å². The third kappa shape index (κ3) is 3.52. The zero-order valence-corrected chi connectivity index (χ0v) is 14.8. The predicted octanol–water partition coefficient (Wildman–Crippen LogP) is 5.66. The number of benzene rings is 3. The van der Waals surface area contributed by atoms with Gasteiger partial charge in [0.05, 0.1) is 5.70 Å². The SMILES string of the molecule is Cc1ccc(C2=NNC(c3ccc(-c4ccccc4)cc3)=CS2)cc1. The summed E-state index contributed by atoms with van der Waals surface area (Å²) >= 11 is 1.65. The van der Waals surface area contributed by atoms with Crippen LogP contribution in [0.5, 0.6) is 0 Å². The van der Waals surface area contributed by atoms with Crippen molar-refractivity contribution in [3.05, 3.63) is 101 Å².